The molecule has 31 heavy (non-hydrogen) atoms. The van der Waals surface area contributed by atoms with E-state index < -0.39 is 11.6 Å². The van der Waals surface area contributed by atoms with E-state index in [-0.39, 0.29) is 5.91 Å². The SMILES string of the molecule is CC[C@]1(c2ccccc2)NC(=O)N(/N=C\c2ccc(OCc3ccccc3)cc2)C1=O. The monoisotopic (exact) mass is 413 g/mol. The minimum Gasteiger partial charge on any atom is -0.489 e. The number of nitrogens with one attached hydrogen (secondary N) is 1. The first-order chi connectivity index (χ1) is 15.1. The smallest absolute Gasteiger partial charge is 0.346 e. The summed E-state index contributed by atoms with van der Waals surface area (Å²) in [7, 11) is 0. The van der Waals surface area contributed by atoms with E-state index in [1.54, 1.807) is 0 Å². The van der Waals surface area contributed by atoms with Gasteiger partial charge in [-0.25, -0.2) is 4.79 Å². The van der Waals surface area contributed by atoms with E-state index in [0.717, 1.165) is 27.4 Å². The van der Waals surface area contributed by atoms with Gasteiger partial charge in [0.2, 0.25) is 0 Å². The Morgan fingerprint density at radius 3 is 2.23 bits per heavy atom. The average Bonchev–Trinajstić information content (AvgIpc) is 3.08. The molecule has 1 fully saturated rings. The van der Waals surface area contributed by atoms with E-state index in [1.165, 1.54) is 6.21 Å². The van der Waals surface area contributed by atoms with Gasteiger partial charge in [0.1, 0.15) is 17.9 Å². The molecular weight excluding hydrogens is 390 g/mol. The molecule has 1 atom stereocenters. The summed E-state index contributed by atoms with van der Waals surface area (Å²) in [6.07, 6.45) is 1.93. The highest BCUT2D eigenvalue weighted by atomic mass is 16.5. The molecule has 156 valence electrons. The van der Waals surface area contributed by atoms with Crippen molar-refractivity contribution >= 4 is 18.2 Å². The van der Waals surface area contributed by atoms with Crippen LogP contribution >= 0.6 is 0 Å². The van der Waals surface area contributed by atoms with Gasteiger partial charge in [0.15, 0.2) is 0 Å². The predicted octanol–water partition coefficient (Wildman–Crippen LogP) is 4.46. The van der Waals surface area contributed by atoms with Crippen LogP contribution in [0.4, 0.5) is 4.79 Å². The summed E-state index contributed by atoms with van der Waals surface area (Å²) in [5.74, 6) is 0.343. The Balaban J connectivity index is 1.44. The first-order valence-electron chi connectivity index (χ1n) is 10.2. The molecule has 1 saturated heterocycles. The van der Waals surface area contributed by atoms with Gasteiger partial charge in [-0.15, -0.1) is 5.01 Å². The van der Waals surface area contributed by atoms with Crippen molar-refractivity contribution in [2.45, 2.75) is 25.5 Å². The maximum atomic E-state index is 13.1. The van der Waals surface area contributed by atoms with Gasteiger partial charge in [0.05, 0.1) is 6.21 Å². The zero-order valence-electron chi connectivity index (χ0n) is 17.2. The van der Waals surface area contributed by atoms with Gasteiger partial charge in [-0.05, 0) is 47.4 Å². The zero-order valence-corrected chi connectivity index (χ0v) is 17.2. The Morgan fingerprint density at radius 2 is 1.58 bits per heavy atom. The van der Waals surface area contributed by atoms with Gasteiger partial charge in [0.25, 0.3) is 5.91 Å². The number of nitrogens with zero attached hydrogens (tertiary/aromatic N) is 2. The van der Waals surface area contributed by atoms with Crippen molar-refractivity contribution in [1.29, 1.82) is 0 Å². The molecule has 6 nitrogen and oxygen atoms in total. The molecular formula is C25H23N3O3. The fourth-order valence-electron chi connectivity index (χ4n) is 3.54. The van der Waals surface area contributed by atoms with Gasteiger partial charge in [-0.1, -0.05) is 67.6 Å². The van der Waals surface area contributed by atoms with Gasteiger partial charge < -0.3 is 10.1 Å². The fraction of sp³-hybridized carbons (Fsp3) is 0.160. The summed E-state index contributed by atoms with van der Waals surface area (Å²) < 4.78 is 5.78. The molecule has 1 aliphatic rings. The maximum Gasteiger partial charge on any atom is 0.346 e. The van der Waals surface area contributed by atoms with E-state index in [4.69, 9.17) is 4.74 Å². The lowest BCUT2D eigenvalue weighted by Gasteiger charge is -2.24. The molecule has 1 aliphatic heterocycles. The number of hydrogen-bond donors (Lipinski definition) is 1. The van der Waals surface area contributed by atoms with Crippen LogP contribution in [0.25, 0.3) is 0 Å². The quantitative estimate of drug-likeness (QED) is 0.459. The van der Waals surface area contributed by atoms with Crippen LogP contribution in [0, 0.1) is 0 Å². The van der Waals surface area contributed by atoms with E-state index in [0.29, 0.717) is 13.0 Å². The number of hydrazone groups is 1. The van der Waals surface area contributed by atoms with Crippen molar-refractivity contribution < 1.29 is 14.3 Å². The average molecular weight is 413 g/mol. The summed E-state index contributed by atoms with van der Waals surface area (Å²) >= 11 is 0. The minimum absolute atomic E-state index is 0.384. The van der Waals surface area contributed by atoms with Crippen LogP contribution in [-0.2, 0) is 16.9 Å². The normalized spacial score (nSPS) is 18.4. The highest BCUT2D eigenvalue weighted by molar-refractivity contribution is 6.07. The fourth-order valence-corrected chi connectivity index (χ4v) is 3.54. The van der Waals surface area contributed by atoms with Crippen LogP contribution in [0.1, 0.15) is 30.0 Å². The molecule has 0 unspecified atom stereocenters. The van der Waals surface area contributed by atoms with E-state index in [9.17, 15) is 9.59 Å². The number of amides is 3. The molecule has 0 saturated carbocycles. The summed E-state index contributed by atoms with van der Waals surface area (Å²) in [5, 5.41) is 7.87. The summed E-state index contributed by atoms with van der Waals surface area (Å²) in [5.41, 5.74) is 1.49. The lowest BCUT2D eigenvalue weighted by molar-refractivity contribution is -0.131. The molecule has 0 aliphatic carbocycles. The molecule has 0 bridgehead atoms. The van der Waals surface area contributed by atoms with Crippen molar-refractivity contribution in [3.8, 4) is 5.75 Å². The summed E-state index contributed by atoms with van der Waals surface area (Å²) in [4.78, 5) is 25.6. The molecule has 0 aromatic heterocycles. The number of imide groups is 1. The first kappa shape index (κ1) is 20.3. The summed E-state index contributed by atoms with van der Waals surface area (Å²) in [6, 6.07) is 25.9. The Labute approximate surface area is 181 Å². The van der Waals surface area contributed by atoms with Crippen molar-refractivity contribution in [1.82, 2.24) is 10.3 Å². The van der Waals surface area contributed by atoms with Crippen molar-refractivity contribution in [3.63, 3.8) is 0 Å². The number of hydrogen-bond acceptors (Lipinski definition) is 4. The topological polar surface area (TPSA) is 71.0 Å². The van der Waals surface area contributed by atoms with Crippen LogP contribution in [0.5, 0.6) is 5.75 Å². The zero-order chi connectivity index (χ0) is 21.7. The Kier molecular flexibility index (Phi) is 5.80. The van der Waals surface area contributed by atoms with Gasteiger partial charge in [0, 0.05) is 0 Å². The third-order valence-corrected chi connectivity index (χ3v) is 5.32. The second-order valence-electron chi connectivity index (χ2n) is 7.26. The van der Waals surface area contributed by atoms with E-state index >= 15 is 0 Å². The van der Waals surface area contributed by atoms with Gasteiger partial charge in [-0.3, -0.25) is 4.79 Å². The molecule has 3 amide bonds. The second-order valence-corrected chi connectivity index (χ2v) is 7.26. The predicted molar refractivity (Wildman–Crippen MR) is 119 cm³/mol. The molecule has 0 spiro atoms. The Hall–Kier alpha value is -3.93. The highest BCUT2D eigenvalue weighted by Crippen LogP contribution is 2.32. The molecule has 3 aromatic rings. The molecule has 6 heteroatoms. The number of carbonyl (C=O) groups is 2. The largest absolute Gasteiger partial charge is 0.489 e. The molecule has 4 rings (SSSR count). The third-order valence-electron chi connectivity index (χ3n) is 5.32. The number of benzene rings is 3. The van der Waals surface area contributed by atoms with Crippen LogP contribution in [0.2, 0.25) is 0 Å². The second kappa shape index (κ2) is 8.83. The van der Waals surface area contributed by atoms with Crippen LogP contribution in [0.15, 0.2) is 90.0 Å². The number of urea groups is 1. The van der Waals surface area contributed by atoms with Crippen LogP contribution in [-0.4, -0.2) is 23.2 Å². The summed E-state index contributed by atoms with van der Waals surface area (Å²) in [6.45, 7) is 2.35. The Bertz CT molecular complexity index is 1080. The van der Waals surface area contributed by atoms with Crippen molar-refractivity contribution in [2.24, 2.45) is 5.10 Å². The van der Waals surface area contributed by atoms with E-state index in [2.05, 4.69) is 10.4 Å². The third kappa shape index (κ3) is 4.19. The molecule has 0 radical (unpaired) electrons. The lowest BCUT2D eigenvalue weighted by Crippen LogP contribution is -2.43. The minimum atomic E-state index is -1.09. The van der Waals surface area contributed by atoms with Gasteiger partial charge in [-0.2, -0.15) is 5.10 Å². The maximum absolute atomic E-state index is 13.1. The van der Waals surface area contributed by atoms with Crippen LogP contribution in [0.3, 0.4) is 0 Å². The first-order valence-corrected chi connectivity index (χ1v) is 10.2. The number of ether oxygens (including phenoxy) is 1. The highest BCUT2D eigenvalue weighted by Gasteiger charge is 2.51. The number of rotatable bonds is 7. The van der Waals surface area contributed by atoms with Gasteiger partial charge >= 0.3 is 6.03 Å². The van der Waals surface area contributed by atoms with Crippen molar-refractivity contribution in [3.05, 3.63) is 102 Å². The van der Waals surface area contributed by atoms with E-state index in [1.807, 2.05) is 91.9 Å². The molecule has 1 heterocycles. The lowest BCUT2D eigenvalue weighted by atomic mass is 9.87. The van der Waals surface area contributed by atoms with Crippen molar-refractivity contribution in [2.75, 3.05) is 0 Å². The molecule has 1 N–H and O–H groups in total. The Morgan fingerprint density at radius 1 is 0.935 bits per heavy atom. The number of carbonyl (C=O) groups excluding carboxylic acids is 2. The molecule has 3 aromatic carbocycles. The van der Waals surface area contributed by atoms with Crippen LogP contribution < -0.4 is 10.1 Å². The standard InChI is InChI=1S/C25H23N3O3/c1-2-25(21-11-7-4-8-12-21)23(29)28(24(30)27-25)26-17-19-13-15-22(16-14-19)31-18-20-9-5-3-6-10-20/h3-17H,2,18H2,1H3,(H,27,30)/b26-17-/t25-/m1/s1.